The molecule has 0 aliphatic rings. The third kappa shape index (κ3) is 9.59. The fourth-order valence-corrected chi connectivity index (χ4v) is 2.19. The van der Waals surface area contributed by atoms with Gasteiger partial charge in [-0.2, -0.15) is 8.42 Å². The minimum atomic E-state index is -4.67. The van der Waals surface area contributed by atoms with E-state index < -0.39 is 25.5 Å². The van der Waals surface area contributed by atoms with Gasteiger partial charge in [0.25, 0.3) is 9.05 Å². The van der Waals surface area contributed by atoms with E-state index in [0.29, 0.717) is 11.5 Å². The maximum atomic E-state index is 11.7. The van der Waals surface area contributed by atoms with Crippen molar-refractivity contribution in [2.75, 3.05) is 10.6 Å². The Bertz CT molecular complexity index is 909. The largest absolute Gasteiger partial charge is 0.394 e. The highest BCUT2D eigenvalue weighted by molar-refractivity contribution is 8.13. The second-order valence-corrected chi connectivity index (χ2v) is 7.67. The topological polar surface area (TPSA) is 163 Å². The van der Waals surface area contributed by atoms with Crippen LogP contribution in [0.2, 0.25) is 0 Å². The Kier molecular flexibility index (Phi) is 7.26. The van der Waals surface area contributed by atoms with E-state index in [-0.39, 0.29) is 4.90 Å². The number of benzene rings is 1. The molecule has 136 valence electrons. The molecule has 0 saturated heterocycles. The molecule has 2 aromatic rings. The standard InChI is InChI=1S/C12H10ClN3O3S.H2O4S/c13-20(18,19)10-6-4-9(5-7-10)15-12(17)16-11-3-1-2-8-14-11;1-5(2,3)4/h1-8H,(H2,14,15,16,17);(H2,1,2,3,4). The molecule has 10 nitrogen and oxygen atoms in total. The van der Waals surface area contributed by atoms with Crippen molar-refractivity contribution in [3.8, 4) is 0 Å². The summed E-state index contributed by atoms with van der Waals surface area (Å²) in [6.45, 7) is 0. The van der Waals surface area contributed by atoms with Crippen LogP contribution in [-0.4, -0.2) is 37.0 Å². The van der Waals surface area contributed by atoms with E-state index >= 15 is 0 Å². The van der Waals surface area contributed by atoms with Crippen LogP contribution >= 0.6 is 10.7 Å². The van der Waals surface area contributed by atoms with E-state index in [1.165, 1.54) is 24.3 Å². The summed E-state index contributed by atoms with van der Waals surface area (Å²) in [6, 6.07) is 10.1. The molecule has 0 unspecified atom stereocenters. The summed E-state index contributed by atoms with van der Waals surface area (Å²) in [6.07, 6.45) is 1.55. The van der Waals surface area contributed by atoms with Crippen molar-refractivity contribution in [1.29, 1.82) is 0 Å². The average molecular weight is 410 g/mol. The second kappa shape index (κ2) is 8.73. The van der Waals surface area contributed by atoms with E-state index in [9.17, 15) is 13.2 Å². The normalized spacial score (nSPS) is 11.0. The lowest BCUT2D eigenvalue weighted by atomic mass is 10.3. The molecule has 0 atom stereocenters. The average Bonchev–Trinajstić information content (AvgIpc) is 2.46. The number of urea groups is 1. The molecule has 0 aliphatic carbocycles. The molecule has 0 radical (unpaired) electrons. The van der Waals surface area contributed by atoms with Gasteiger partial charge in [-0.3, -0.25) is 14.4 Å². The molecule has 0 saturated carbocycles. The Morgan fingerprint density at radius 3 is 1.96 bits per heavy atom. The van der Waals surface area contributed by atoms with Gasteiger partial charge in [-0.25, -0.2) is 18.2 Å². The molecule has 2 amide bonds. The number of nitrogens with one attached hydrogen (secondary N) is 2. The summed E-state index contributed by atoms with van der Waals surface area (Å²) in [4.78, 5) is 15.6. The lowest BCUT2D eigenvalue weighted by Gasteiger charge is -2.07. The monoisotopic (exact) mass is 409 g/mol. The number of rotatable bonds is 3. The summed E-state index contributed by atoms with van der Waals surface area (Å²) in [5.74, 6) is 0.407. The number of aromatic nitrogens is 1. The SMILES string of the molecule is O=C(Nc1ccc(S(=O)(=O)Cl)cc1)Nc1ccccn1.O=S(=O)(O)O. The summed E-state index contributed by atoms with van der Waals surface area (Å²) < 4.78 is 53.7. The molecule has 0 aliphatic heterocycles. The molecule has 0 bridgehead atoms. The number of halogens is 1. The van der Waals surface area contributed by atoms with Crippen LogP contribution in [0.3, 0.4) is 0 Å². The predicted octanol–water partition coefficient (Wildman–Crippen LogP) is 2.00. The van der Waals surface area contributed by atoms with E-state index in [2.05, 4.69) is 15.6 Å². The summed E-state index contributed by atoms with van der Waals surface area (Å²) in [5.41, 5.74) is 0.433. The number of hydrogen-bond donors (Lipinski definition) is 4. The van der Waals surface area contributed by atoms with Crippen LogP contribution in [0, 0.1) is 0 Å². The molecule has 1 heterocycles. The molecule has 2 rings (SSSR count). The van der Waals surface area contributed by atoms with Crippen molar-refractivity contribution in [3.05, 3.63) is 48.7 Å². The summed E-state index contributed by atoms with van der Waals surface area (Å²) >= 11 is 0. The number of pyridine rings is 1. The third-order valence-corrected chi connectivity index (χ3v) is 3.67. The van der Waals surface area contributed by atoms with Crippen LogP contribution in [-0.2, 0) is 19.4 Å². The highest BCUT2D eigenvalue weighted by Gasteiger charge is 2.09. The van der Waals surface area contributed by atoms with Gasteiger partial charge in [0.15, 0.2) is 0 Å². The van der Waals surface area contributed by atoms with Gasteiger partial charge >= 0.3 is 16.4 Å². The number of amides is 2. The molecule has 25 heavy (non-hydrogen) atoms. The summed E-state index contributed by atoms with van der Waals surface area (Å²) in [7, 11) is -3.24. The fraction of sp³-hybridized carbons (Fsp3) is 0. The molecular weight excluding hydrogens is 398 g/mol. The number of carbonyl (C=O) groups is 1. The lowest BCUT2D eigenvalue weighted by Crippen LogP contribution is -2.19. The minimum Gasteiger partial charge on any atom is -0.308 e. The minimum absolute atomic E-state index is 0.0325. The molecule has 0 spiro atoms. The second-order valence-electron chi connectivity index (χ2n) is 4.20. The first-order chi connectivity index (χ1) is 11.4. The zero-order valence-electron chi connectivity index (χ0n) is 12.2. The Morgan fingerprint density at radius 2 is 1.52 bits per heavy atom. The Balaban J connectivity index is 0.000000550. The number of anilines is 2. The first-order valence-electron chi connectivity index (χ1n) is 6.19. The van der Waals surface area contributed by atoms with Gasteiger partial charge in [-0.15, -0.1) is 0 Å². The maximum absolute atomic E-state index is 11.7. The first-order valence-corrected chi connectivity index (χ1v) is 9.89. The zero-order valence-corrected chi connectivity index (χ0v) is 14.6. The van der Waals surface area contributed by atoms with Gasteiger partial charge in [0.05, 0.1) is 4.90 Å². The van der Waals surface area contributed by atoms with Crippen LogP contribution in [0.15, 0.2) is 53.6 Å². The van der Waals surface area contributed by atoms with E-state index in [1.54, 1.807) is 24.4 Å². The molecular formula is C12H12ClN3O7S2. The van der Waals surface area contributed by atoms with Gasteiger partial charge in [-0.05, 0) is 36.4 Å². The van der Waals surface area contributed by atoms with Crippen LogP contribution in [0.5, 0.6) is 0 Å². The van der Waals surface area contributed by atoms with Gasteiger partial charge in [-0.1, -0.05) is 6.07 Å². The number of carbonyl (C=O) groups excluding carboxylic acids is 1. The molecule has 13 heteroatoms. The molecule has 1 aromatic heterocycles. The van der Waals surface area contributed by atoms with Gasteiger partial charge < -0.3 is 5.32 Å². The van der Waals surface area contributed by atoms with E-state index in [0.717, 1.165) is 0 Å². The Morgan fingerprint density at radius 1 is 0.960 bits per heavy atom. The molecule has 4 N–H and O–H groups in total. The van der Waals surface area contributed by atoms with E-state index in [4.69, 9.17) is 28.2 Å². The smallest absolute Gasteiger partial charge is 0.308 e. The third-order valence-electron chi connectivity index (χ3n) is 2.30. The van der Waals surface area contributed by atoms with Crippen LogP contribution in [0.25, 0.3) is 0 Å². The number of nitrogens with zero attached hydrogens (tertiary/aromatic N) is 1. The van der Waals surface area contributed by atoms with Crippen molar-refractivity contribution in [3.63, 3.8) is 0 Å². The highest BCUT2D eigenvalue weighted by Crippen LogP contribution is 2.17. The van der Waals surface area contributed by atoms with Gasteiger partial charge in [0, 0.05) is 22.6 Å². The fourth-order valence-electron chi connectivity index (χ4n) is 1.42. The first kappa shape index (κ1) is 20.8. The Hall–Kier alpha value is -2.25. The van der Waals surface area contributed by atoms with Crippen molar-refractivity contribution in [2.24, 2.45) is 0 Å². The van der Waals surface area contributed by atoms with Crippen molar-refractivity contribution in [1.82, 2.24) is 4.98 Å². The lowest BCUT2D eigenvalue weighted by molar-refractivity contribution is 0.262. The quantitative estimate of drug-likeness (QED) is 0.441. The van der Waals surface area contributed by atoms with Crippen molar-refractivity contribution >= 4 is 47.7 Å². The van der Waals surface area contributed by atoms with Crippen LogP contribution < -0.4 is 10.6 Å². The van der Waals surface area contributed by atoms with Crippen molar-refractivity contribution in [2.45, 2.75) is 4.90 Å². The van der Waals surface area contributed by atoms with Crippen LogP contribution in [0.1, 0.15) is 0 Å². The van der Waals surface area contributed by atoms with Crippen molar-refractivity contribution < 1.29 is 30.7 Å². The molecule has 0 fully saturated rings. The van der Waals surface area contributed by atoms with E-state index in [1.807, 2.05) is 0 Å². The zero-order chi connectivity index (χ0) is 19.1. The maximum Gasteiger partial charge on any atom is 0.394 e. The number of hydrogen-bond acceptors (Lipinski definition) is 6. The van der Waals surface area contributed by atoms with Gasteiger partial charge in [0.1, 0.15) is 5.82 Å². The van der Waals surface area contributed by atoms with Gasteiger partial charge in [0.2, 0.25) is 0 Å². The Labute approximate surface area is 147 Å². The predicted molar refractivity (Wildman–Crippen MR) is 90.5 cm³/mol. The van der Waals surface area contributed by atoms with Crippen LogP contribution in [0.4, 0.5) is 16.3 Å². The summed E-state index contributed by atoms with van der Waals surface area (Å²) in [5, 5.41) is 5.07. The highest BCUT2D eigenvalue weighted by atomic mass is 35.7. The molecule has 1 aromatic carbocycles.